The second-order valence-corrected chi connectivity index (χ2v) is 6.11. The molecule has 1 aromatic rings. The van der Waals surface area contributed by atoms with E-state index in [1.807, 2.05) is 37.3 Å². The van der Waals surface area contributed by atoms with Crippen LogP contribution in [0.3, 0.4) is 0 Å². The molecule has 1 amide bonds. The maximum atomic E-state index is 11.8. The lowest BCUT2D eigenvalue weighted by Gasteiger charge is -2.23. The predicted molar refractivity (Wildman–Crippen MR) is 86.0 cm³/mol. The van der Waals surface area contributed by atoms with Gasteiger partial charge in [0.05, 0.1) is 19.8 Å². The summed E-state index contributed by atoms with van der Waals surface area (Å²) in [6.45, 7) is 7.09. The highest BCUT2D eigenvalue weighted by molar-refractivity contribution is 5.81. The van der Waals surface area contributed by atoms with Crippen molar-refractivity contribution < 1.29 is 23.8 Å². The van der Waals surface area contributed by atoms with E-state index in [-0.39, 0.29) is 12.7 Å². The molecule has 0 aliphatic rings. The van der Waals surface area contributed by atoms with Crippen LogP contribution < -0.4 is 5.32 Å². The maximum Gasteiger partial charge on any atom is 0.408 e. The molecule has 1 unspecified atom stereocenters. The van der Waals surface area contributed by atoms with Gasteiger partial charge in [0.25, 0.3) is 0 Å². The van der Waals surface area contributed by atoms with Crippen LogP contribution in [0.15, 0.2) is 30.3 Å². The normalized spacial score (nSPS) is 13.8. The Morgan fingerprint density at radius 1 is 1.17 bits per heavy atom. The van der Waals surface area contributed by atoms with E-state index >= 15 is 0 Å². The fourth-order valence-electron chi connectivity index (χ4n) is 1.82. The van der Waals surface area contributed by atoms with Crippen LogP contribution in [0.25, 0.3) is 0 Å². The Balaban J connectivity index is 2.61. The average molecular weight is 323 g/mol. The lowest BCUT2D eigenvalue weighted by atomic mass is 10.1. The molecule has 0 saturated carbocycles. The van der Waals surface area contributed by atoms with E-state index in [4.69, 9.17) is 14.2 Å². The van der Waals surface area contributed by atoms with E-state index in [9.17, 15) is 9.59 Å². The number of benzene rings is 1. The first-order chi connectivity index (χ1) is 10.7. The summed E-state index contributed by atoms with van der Waals surface area (Å²) in [6, 6.07) is 8.66. The summed E-state index contributed by atoms with van der Waals surface area (Å²) in [4.78, 5) is 23.6. The number of amides is 1. The molecule has 0 heterocycles. The fraction of sp³-hybridized carbons (Fsp3) is 0.529. The van der Waals surface area contributed by atoms with Crippen molar-refractivity contribution in [2.24, 2.45) is 0 Å². The number of ether oxygens (including phenoxy) is 3. The molecular formula is C17H25NO5. The Bertz CT molecular complexity index is 509. The highest BCUT2D eigenvalue weighted by Gasteiger charge is 2.26. The topological polar surface area (TPSA) is 73.9 Å². The molecule has 6 nitrogen and oxygen atoms in total. The van der Waals surface area contributed by atoms with Gasteiger partial charge in [-0.3, -0.25) is 0 Å². The number of methoxy groups -OCH3 is 1. The van der Waals surface area contributed by atoms with Crippen molar-refractivity contribution in [3.05, 3.63) is 35.9 Å². The molecule has 0 fully saturated rings. The van der Waals surface area contributed by atoms with Crippen molar-refractivity contribution in [3.8, 4) is 0 Å². The van der Waals surface area contributed by atoms with Crippen LogP contribution in [0.1, 0.15) is 39.4 Å². The Morgan fingerprint density at radius 2 is 1.78 bits per heavy atom. The van der Waals surface area contributed by atoms with Gasteiger partial charge in [-0.25, -0.2) is 9.59 Å². The minimum atomic E-state index is -0.930. The maximum absolute atomic E-state index is 11.8. The summed E-state index contributed by atoms with van der Waals surface area (Å²) < 4.78 is 15.5. The number of rotatable bonds is 6. The lowest BCUT2D eigenvalue weighted by Crippen LogP contribution is -2.46. The molecule has 0 spiro atoms. The number of esters is 1. The first kappa shape index (κ1) is 19.0. The Labute approximate surface area is 137 Å². The van der Waals surface area contributed by atoms with E-state index in [1.165, 1.54) is 7.11 Å². The molecule has 0 bridgehead atoms. The minimum Gasteiger partial charge on any atom is -0.467 e. The number of carbonyl (C=O) groups excluding carboxylic acids is 2. The van der Waals surface area contributed by atoms with Gasteiger partial charge in [0.1, 0.15) is 5.60 Å². The highest BCUT2D eigenvalue weighted by atomic mass is 16.6. The van der Waals surface area contributed by atoms with Crippen molar-refractivity contribution in [3.63, 3.8) is 0 Å². The highest BCUT2D eigenvalue weighted by Crippen LogP contribution is 2.16. The summed E-state index contributed by atoms with van der Waals surface area (Å²) in [7, 11) is 1.26. The van der Waals surface area contributed by atoms with Crippen LogP contribution in [-0.4, -0.2) is 37.4 Å². The molecule has 1 N–H and O–H groups in total. The minimum absolute atomic E-state index is 0.0119. The van der Waals surface area contributed by atoms with Crippen LogP contribution >= 0.6 is 0 Å². The Morgan fingerprint density at radius 3 is 2.30 bits per heavy atom. The predicted octanol–water partition coefficient (Wildman–Crippen LogP) is 2.83. The molecule has 1 rings (SSSR count). The molecule has 0 aromatic heterocycles. The number of hydrogen-bond acceptors (Lipinski definition) is 5. The standard InChI is InChI=1S/C17H25NO5/c1-12(13-9-7-6-8-10-13)22-11-14(15(19)21-5)18-16(20)23-17(2,3)4/h6-10,12,14H,11H2,1-5H3,(H,18,20)/t12?,14-/m1/s1. The van der Waals surface area contributed by atoms with Crippen molar-refractivity contribution in [1.29, 1.82) is 0 Å². The Hall–Kier alpha value is -2.08. The third kappa shape index (κ3) is 7.15. The zero-order chi connectivity index (χ0) is 17.5. The van der Waals surface area contributed by atoms with Crippen molar-refractivity contribution >= 4 is 12.1 Å². The van der Waals surface area contributed by atoms with Gasteiger partial charge in [-0.15, -0.1) is 0 Å². The van der Waals surface area contributed by atoms with E-state index in [0.717, 1.165) is 5.56 Å². The molecule has 0 aliphatic heterocycles. The number of carbonyl (C=O) groups is 2. The quantitative estimate of drug-likeness (QED) is 0.815. The van der Waals surface area contributed by atoms with Crippen LogP contribution in [0.2, 0.25) is 0 Å². The van der Waals surface area contributed by atoms with Gasteiger partial charge in [0.15, 0.2) is 6.04 Å². The zero-order valence-corrected chi connectivity index (χ0v) is 14.3. The first-order valence-corrected chi connectivity index (χ1v) is 7.47. The van der Waals surface area contributed by atoms with Gasteiger partial charge < -0.3 is 19.5 Å². The largest absolute Gasteiger partial charge is 0.467 e. The van der Waals surface area contributed by atoms with E-state index in [1.54, 1.807) is 20.8 Å². The molecule has 0 saturated heterocycles. The molecule has 128 valence electrons. The third-order valence-electron chi connectivity index (χ3n) is 2.96. The summed E-state index contributed by atoms with van der Waals surface area (Å²) in [5, 5.41) is 2.47. The monoisotopic (exact) mass is 323 g/mol. The van der Waals surface area contributed by atoms with Gasteiger partial charge in [0.2, 0.25) is 0 Å². The summed E-state index contributed by atoms with van der Waals surface area (Å²) in [5.41, 5.74) is 0.330. The average Bonchev–Trinajstić information content (AvgIpc) is 2.49. The van der Waals surface area contributed by atoms with E-state index in [2.05, 4.69) is 5.32 Å². The fourth-order valence-corrected chi connectivity index (χ4v) is 1.82. The van der Waals surface area contributed by atoms with Gasteiger partial charge >= 0.3 is 12.1 Å². The molecule has 23 heavy (non-hydrogen) atoms. The van der Waals surface area contributed by atoms with Crippen LogP contribution in [0, 0.1) is 0 Å². The second-order valence-electron chi connectivity index (χ2n) is 6.11. The lowest BCUT2D eigenvalue weighted by molar-refractivity contribution is -0.145. The van der Waals surface area contributed by atoms with E-state index in [0.29, 0.717) is 0 Å². The molecule has 1 aromatic carbocycles. The third-order valence-corrected chi connectivity index (χ3v) is 2.96. The van der Waals surface area contributed by atoms with E-state index < -0.39 is 23.7 Å². The van der Waals surface area contributed by atoms with Crippen molar-refractivity contribution in [1.82, 2.24) is 5.32 Å². The molecule has 0 radical (unpaired) electrons. The van der Waals surface area contributed by atoms with Gasteiger partial charge in [-0.1, -0.05) is 30.3 Å². The van der Waals surface area contributed by atoms with Crippen LogP contribution in [0.4, 0.5) is 4.79 Å². The van der Waals surface area contributed by atoms with Crippen molar-refractivity contribution in [2.45, 2.75) is 45.4 Å². The Kier molecular flexibility index (Phi) is 7.03. The SMILES string of the molecule is COC(=O)[C@@H](COC(C)c1ccccc1)NC(=O)OC(C)(C)C. The van der Waals surface area contributed by atoms with Gasteiger partial charge in [-0.2, -0.15) is 0 Å². The first-order valence-electron chi connectivity index (χ1n) is 7.47. The van der Waals surface area contributed by atoms with Crippen LogP contribution in [0.5, 0.6) is 0 Å². The molecule has 0 aliphatic carbocycles. The summed E-state index contributed by atoms with van der Waals surface area (Å²) >= 11 is 0. The molecule has 2 atom stereocenters. The zero-order valence-electron chi connectivity index (χ0n) is 14.3. The van der Waals surface area contributed by atoms with Crippen molar-refractivity contribution in [2.75, 3.05) is 13.7 Å². The molecular weight excluding hydrogens is 298 g/mol. The number of nitrogens with one attached hydrogen (secondary N) is 1. The second kappa shape index (κ2) is 8.53. The summed E-state index contributed by atoms with van der Waals surface area (Å²) in [5.74, 6) is -0.587. The van der Waals surface area contributed by atoms with Gasteiger partial charge in [-0.05, 0) is 33.3 Å². The number of alkyl carbamates (subject to hydrolysis) is 1. The van der Waals surface area contributed by atoms with Gasteiger partial charge in [0, 0.05) is 0 Å². The smallest absolute Gasteiger partial charge is 0.408 e. The number of hydrogen-bond donors (Lipinski definition) is 1. The molecule has 6 heteroatoms. The van der Waals surface area contributed by atoms with Crippen LogP contribution in [-0.2, 0) is 19.0 Å². The summed E-state index contributed by atoms with van der Waals surface area (Å²) in [6.07, 6.45) is -0.910.